The molecule has 0 N–H and O–H groups in total. The minimum absolute atomic E-state index is 0.113. The van der Waals surface area contributed by atoms with Gasteiger partial charge in [0.25, 0.3) is 0 Å². The second kappa shape index (κ2) is 5.11. The SMILES string of the molecule is [C-]#[N+]c1ccc(C(=O)C(=C)c2ccccc2)cc1. The molecular formula is C16H11NO. The lowest BCUT2D eigenvalue weighted by Crippen LogP contribution is -2.01. The van der Waals surface area contributed by atoms with Gasteiger partial charge in [0.05, 0.1) is 6.57 Å². The monoisotopic (exact) mass is 233 g/mol. The summed E-state index contributed by atoms with van der Waals surface area (Å²) in [6, 6.07) is 15.9. The number of benzene rings is 2. The van der Waals surface area contributed by atoms with Gasteiger partial charge in [0.2, 0.25) is 0 Å². The van der Waals surface area contributed by atoms with Gasteiger partial charge in [-0.1, -0.05) is 61.2 Å². The quantitative estimate of drug-likeness (QED) is 0.443. The predicted octanol–water partition coefficient (Wildman–Crippen LogP) is 4.13. The molecule has 2 aromatic carbocycles. The number of carbonyl (C=O) groups excluding carboxylic acids is 1. The van der Waals surface area contributed by atoms with Gasteiger partial charge in [0.1, 0.15) is 0 Å². The number of carbonyl (C=O) groups is 1. The first-order valence-electron chi connectivity index (χ1n) is 5.49. The first-order chi connectivity index (χ1) is 8.72. The molecule has 0 unspecified atom stereocenters. The average Bonchev–Trinajstić information content (AvgIpc) is 2.47. The lowest BCUT2D eigenvalue weighted by molar-refractivity contribution is 0.105. The number of allylic oxidation sites excluding steroid dienone is 1. The van der Waals surface area contributed by atoms with Gasteiger partial charge in [-0.2, -0.15) is 0 Å². The zero-order valence-corrected chi connectivity index (χ0v) is 9.76. The Balaban J connectivity index is 2.27. The van der Waals surface area contributed by atoms with Crippen molar-refractivity contribution in [1.29, 1.82) is 0 Å². The number of nitrogens with zero attached hydrogens (tertiary/aromatic N) is 1. The van der Waals surface area contributed by atoms with E-state index in [9.17, 15) is 4.79 Å². The van der Waals surface area contributed by atoms with Crippen molar-refractivity contribution in [2.24, 2.45) is 0 Å². The van der Waals surface area contributed by atoms with E-state index in [4.69, 9.17) is 6.57 Å². The molecule has 0 aromatic heterocycles. The van der Waals surface area contributed by atoms with E-state index in [1.54, 1.807) is 24.3 Å². The summed E-state index contributed by atoms with van der Waals surface area (Å²) in [5.41, 5.74) is 2.36. The van der Waals surface area contributed by atoms with E-state index in [1.807, 2.05) is 30.3 Å². The zero-order chi connectivity index (χ0) is 13.0. The van der Waals surface area contributed by atoms with Crippen LogP contribution in [0.5, 0.6) is 0 Å². The minimum Gasteiger partial charge on any atom is -0.289 e. The van der Waals surface area contributed by atoms with Crippen molar-refractivity contribution >= 4 is 17.0 Å². The smallest absolute Gasteiger partial charge is 0.192 e. The van der Waals surface area contributed by atoms with Crippen LogP contribution in [0.2, 0.25) is 0 Å². The molecule has 0 radical (unpaired) electrons. The maximum Gasteiger partial charge on any atom is 0.192 e. The normalized spacial score (nSPS) is 9.50. The molecular weight excluding hydrogens is 222 g/mol. The lowest BCUT2D eigenvalue weighted by atomic mass is 9.98. The lowest BCUT2D eigenvalue weighted by Gasteiger charge is -2.05. The molecule has 2 rings (SSSR count). The molecule has 2 nitrogen and oxygen atoms in total. The molecule has 0 atom stereocenters. The first kappa shape index (κ1) is 11.8. The van der Waals surface area contributed by atoms with Crippen LogP contribution in [0.4, 0.5) is 5.69 Å². The summed E-state index contributed by atoms with van der Waals surface area (Å²) in [7, 11) is 0. The van der Waals surface area contributed by atoms with Crippen LogP contribution in [0.1, 0.15) is 15.9 Å². The third kappa shape index (κ3) is 2.36. The number of ketones is 1. The van der Waals surface area contributed by atoms with Gasteiger partial charge in [-0.25, -0.2) is 4.85 Å². The highest BCUT2D eigenvalue weighted by molar-refractivity contribution is 6.28. The Morgan fingerprint density at radius 1 is 0.944 bits per heavy atom. The Hall–Kier alpha value is -2.66. The number of Topliss-reactive ketones (excluding diaryl/α,β-unsaturated/α-hetero) is 1. The minimum atomic E-state index is -0.113. The summed E-state index contributed by atoms with van der Waals surface area (Å²) >= 11 is 0. The summed E-state index contributed by atoms with van der Waals surface area (Å²) < 4.78 is 0. The standard InChI is InChI=1S/C16H11NO/c1-12(13-6-4-3-5-7-13)16(18)14-8-10-15(17-2)11-9-14/h3-11H,1H2. The van der Waals surface area contributed by atoms with Crippen LogP contribution < -0.4 is 0 Å². The van der Waals surface area contributed by atoms with Crippen molar-refractivity contribution in [1.82, 2.24) is 0 Å². The van der Waals surface area contributed by atoms with Gasteiger partial charge in [0, 0.05) is 11.1 Å². The summed E-state index contributed by atoms with van der Waals surface area (Å²) in [6.07, 6.45) is 0. The van der Waals surface area contributed by atoms with Crippen LogP contribution in [0.15, 0.2) is 61.2 Å². The molecule has 0 fully saturated rings. The largest absolute Gasteiger partial charge is 0.289 e. The van der Waals surface area contributed by atoms with E-state index in [-0.39, 0.29) is 5.78 Å². The fraction of sp³-hybridized carbons (Fsp3) is 0. The average molecular weight is 233 g/mol. The third-order valence-electron chi connectivity index (χ3n) is 2.65. The Kier molecular flexibility index (Phi) is 3.36. The van der Waals surface area contributed by atoms with Crippen molar-refractivity contribution < 1.29 is 4.79 Å². The van der Waals surface area contributed by atoms with Crippen molar-refractivity contribution in [2.75, 3.05) is 0 Å². The molecule has 2 aromatic rings. The van der Waals surface area contributed by atoms with Crippen LogP contribution in [0.25, 0.3) is 10.4 Å². The molecule has 0 saturated carbocycles. The van der Waals surface area contributed by atoms with Crippen LogP contribution in [-0.2, 0) is 0 Å². The van der Waals surface area contributed by atoms with Gasteiger partial charge < -0.3 is 0 Å². The van der Waals surface area contributed by atoms with Gasteiger partial charge in [-0.15, -0.1) is 0 Å². The number of hydrogen-bond acceptors (Lipinski definition) is 1. The van der Waals surface area contributed by atoms with Gasteiger partial charge >= 0.3 is 0 Å². The Morgan fingerprint density at radius 3 is 2.11 bits per heavy atom. The molecule has 0 aliphatic heterocycles. The second-order valence-corrected chi connectivity index (χ2v) is 3.83. The Bertz CT molecular complexity index is 618. The van der Waals surface area contributed by atoms with Crippen LogP contribution in [-0.4, -0.2) is 5.78 Å². The summed E-state index contributed by atoms with van der Waals surface area (Å²) in [5, 5.41) is 0. The van der Waals surface area contributed by atoms with Crippen LogP contribution >= 0.6 is 0 Å². The molecule has 0 bridgehead atoms. The van der Waals surface area contributed by atoms with Gasteiger partial charge in [0.15, 0.2) is 11.5 Å². The highest BCUT2D eigenvalue weighted by atomic mass is 16.1. The fourth-order valence-electron chi connectivity index (χ4n) is 1.63. The Morgan fingerprint density at radius 2 is 1.56 bits per heavy atom. The van der Waals surface area contributed by atoms with E-state index in [0.717, 1.165) is 5.56 Å². The van der Waals surface area contributed by atoms with E-state index in [2.05, 4.69) is 11.4 Å². The molecule has 0 aliphatic carbocycles. The van der Waals surface area contributed by atoms with Gasteiger partial charge in [-0.05, 0) is 5.56 Å². The van der Waals surface area contributed by atoms with E-state index in [0.29, 0.717) is 16.8 Å². The topological polar surface area (TPSA) is 21.4 Å². The second-order valence-electron chi connectivity index (χ2n) is 3.83. The molecule has 0 aliphatic rings. The van der Waals surface area contributed by atoms with Crippen molar-refractivity contribution in [3.8, 4) is 0 Å². The van der Waals surface area contributed by atoms with Crippen LogP contribution in [0.3, 0.4) is 0 Å². The van der Waals surface area contributed by atoms with E-state index in [1.165, 1.54) is 0 Å². The number of rotatable bonds is 3. The molecule has 0 saturated heterocycles. The fourth-order valence-corrected chi connectivity index (χ4v) is 1.63. The van der Waals surface area contributed by atoms with Crippen molar-refractivity contribution in [3.63, 3.8) is 0 Å². The van der Waals surface area contributed by atoms with Crippen molar-refractivity contribution in [3.05, 3.63) is 83.7 Å². The molecule has 0 spiro atoms. The first-order valence-corrected chi connectivity index (χ1v) is 5.49. The summed E-state index contributed by atoms with van der Waals surface area (Å²) in [4.78, 5) is 15.5. The maximum atomic E-state index is 12.2. The van der Waals surface area contributed by atoms with Gasteiger partial charge in [-0.3, -0.25) is 4.79 Å². The molecule has 0 heterocycles. The molecule has 0 amide bonds. The molecule has 86 valence electrons. The van der Waals surface area contributed by atoms with E-state index >= 15 is 0 Å². The third-order valence-corrected chi connectivity index (χ3v) is 2.65. The van der Waals surface area contributed by atoms with Crippen LogP contribution in [0, 0.1) is 6.57 Å². The number of hydrogen-bond donors (Lipinski definition) is 0. The highest BCUT2D eigenvalue weighted by Gasteiger charge is 2.11. The van der Waals surface area contributed by atoms with Crippen molar-refractivity contribution in [2.45, 2.75) is 0 Å². The van der Waals surface area contributed by atoms with E-state index < -0.39 is 0 Å². The Labute approximate surface area is 106 Å². The zero-order valence-electron chi connectivity index (χ0n) is 9.76. The molecule has 18 heavy (non-hydrogen) atoms. The summed E-state index contributed by atoms with van der Waals surface area (Å²) in [5.74, 6) is -0.113. The summed E-state index contributed by atoms with van der Waals surface area (Å²) in [6.45, 7) is 10.7. The molecule has 2 heteroatoms. The predicted molar refractivity (Wildman–Crippen MR) is 72.5 cm³/mol. The maximum absolute atomic E-state index is 12.2. The highest BCUT2D eigenvalue weighted by Crippen LogP contribution is 2.20.